The van der Waals surface area contributed by atoms with Crippen LogP contribution >= 0.6 is 23.2 Å². The highest BCUT2D eigenvalue weighted by Crippen LogP contribution is 2.29. The summed E-state index contributed by atoms with van der Waals surface area (Å²) in [6, 6.07) is 4.55. The molecule has 1 unspecified atom stereocenters. The standard InChI is InChI=1S/C17H21Cl2NO4/c1-17(16(22)23,12-3-4-13(18)14(19)10-12)20-15(21)5-2-11-6-8-24-9-7-11/h3-4,10-11H,2,5-9H2,1H3,(H,20,21)(H,22,23). The normalized spacial score (nSPS) is 18.0. The first-order valence-corrected chi connectivity index (χ1v) is 8.66. The van der Waals surface area contributed by atoms with E-state index in [1.54, 1.807) is 6.07 Å². The minimum Gasteiger partial charge on any atom is -0.479 e. The zero-order valence-corrected chi connectivity index (χ0v) is 15.0. The van der Waals surface area contributed by atoms with E-state index in [4.69, 9.17) is 27.9 Å². The van der Waals surface area contributed by atoms with Gasteiger partial charge in [0.15, 0.2) is 5.54 Å². The largest absolute Gasteiger partial charge is 0.479 e. The summed E-state index contributed by atoms with van der Waals surface area (Å²) in [5.74, 6) is -0.997. The van der Waals surface area contributed by atoms with Crippen molar-refractivity contribution in [3.8, 4) is 0 Å². The molecule has 0 radical (unpaired) electrons. The molecule has 0 bridgehead atoms. The Morgan fingerprint density at radius 3 is 2.54 bits per heavy atom. The number of carboxylic acids is 1. The molecule has 0 aromatic heterocycles. The van der Waals surface area contributed by atoms with E-state index in [0.29, 0.717) is 16.5 Å². The molecular formula is C17H21Cl2NO4. The molecule has 2 N–H and O–H groups in total. The number of benzene rings is 1. The van der Waals surface area contributed by atoms with E-state index < -0.39 is 11.5 Å². The monoisotopic (exact) mass is 373 g/mol. The first kappa shape index (κ1) is 19.0. The van der Waals surface area contributed by atoms with Crippen LogP contribution in [-0.4, -0.2) is 30.2 Å². The van der Waals surface area contributed by atoms with Crippen molar-refractivity contribution in [2.24, 2.45) is 5.92 Å². The average molecular weight is 374 g/mol. The molecule has 1 atom stereocenters. The van der Waals surface area contributed by atoms with Crippen LogP contribution in [0.3, 0.4) is 0 Å². The first-order chi connectivity index (χ1) is 11.3. The van der Waals surface area contributed by atoms with Crippen molar-refractivity contribution in [2.75, 3.05) is 13.2 Å². The smallest absolute Gasteiger partial charge is 0.333 e. The van der Waals surface area contributed by atoms with Crippen molar-refractivity contribution in [3.63, 3.8) is 0 Å². The quantitative estimate of drug-likeness (QED) is 0.798. The van der Waals surface area contributed by atoms with Crippen molar-refractivity contribution in [2.45, 2.75) is 38.1 Å². The lowest BCUT2D eigenvalue weighted by Crippen LogP contribution is -2.49. The van der Waals surface area contributed by atoms with Gasteiger partial charge in [-0.3, -0.25) is 4.79 Å². The zero-order chi connectivity index (χ0) is 17.7. The number of halogens is 2. The van der Waals surface area contributed by atoms with Gasteiger partial charge in [0, 0.05) is 19.6 Å². The van der Waals surface area contributed by atoms with Crippen molar-refractivity contribution >= 4 is 35.1 Å². The highest BCUT2D eigenvalue weighted by Gasteiger charge is 2.37. The van der Waals surface area contributed by atoms with Gasteiger partial charge in [-0.05, 0) is 49.8 Å². The SMILES string of the molecule is CC(NC(=O)CCC1CCOCC1)(C(=O)O)c1ccc(Cl)c(Cl)c1. The van der Waals surface area contributed by atoms with Crippen LogP contribution in [0.2, 0.25) is 10.0 Å². The van der Waals surface area contributed by atoms with Gasteiger partial charge in [-0.25, -0.2) is 4.79 Å². The van der Waals surface area contributed by atoms with Gasteiger partial charge in [-0.15, -0.1) is 0 Å². The predicted octanol–water partition coefficient (Wildman–Crippen LogP) is 3.62. The van der Waals surface area contributed by atoms with Gasteiger partial charge in [0.1, 0.15) is 0 Å². The second-order valence-electron chi connectivity index (χ2n) is 6.20. The number of carbonyl (C=O) groups is 2. The maximum absolute atomic E-state index is 12.3. The van der Waals surface area contributed by atoms with Crippen LogP contribution in [0.25, 0.3) is 0 Å². The third-order valence-corrected chi connectivity index (χ3v) is 5.17. The van der Waals surface area contributed by atoms with Crippen LogP contribution in [0.15, 0.2) is 18.2 Å². The van der Waals surface area contributed by atoms with E-state index in [-0.39, 0.29) is 17.4 Å². The van der Waals surface area contributed by atoms with Gasteiger partial charge in [0.25, 0.3) is 0 Å². The summed E-state index contributed by atoms with van der Waals surface area (Å²) in [6.45, 7) is 2.89. The van der Waals surface area contributed by atoms with E-state index in [2.05, 4.69) is 5.32 Å². The topological polar surface area (TPSA) is 75.6 Å². The first-order valence-electron chi connectivity index (χ1n) is 7.90. The van der Waals surface area contributed by atoms with Gasteiger partial charge >= 0.3 is 5.97 Å². The maximum atomic E-state index is 12.3. The number of carbonyl (C=O) groups excluding carboxylic acids is 1. The molecule has 1 aliphatic rings. The summed E-state index contributed by atoms with van der Waals surface area (Å²) in [5.41, 5.74) is -1.18. The Morgan fingerprint density at radius 1 is 1.29 bits per heavy atom. The predicted molar refractivity (Wildman–Crippen MR) is 92.4 cm³/mol. The lowest BCUT2D eigenvalue weighted by atomic mass is 9.91. The van der Waals surface area contributed by atoms with Crippen molar-refractivity contribution < 1.29 is 19.4 Å². The molecule has 2 rings (SSSR count). The van der Waals surface area contributed by atoms with E-state index in [1.165, 1.54) is 19.1 Å². The molecule has 5 nitrogen and oxygen atoms in total. The van der Waals surface area contributed by atoms with E-state index in [0.717, 1.165) is 32.5 Å². The summed E-state index contributed by atoms with van der Waals surface area (Å²) >= 11 is 11.8. The number of hydrogen-bond donors (Lipinski definition) is 2. The third-order valence-electron chi connectivity index (χ3n) is 4.43. The van der Waals surface area contributed by atoms with Gasteiger partial charge in [0.05, 0.1) is 10.0 Å². The highest BCUT2D eigenvalue weighted by molar-refractivity contribution is 6.42. The van der Waals surface area contributed by atoms with Crippen LogP contribution in [-0.2, 0) is 19.9 Å². The molecule has 1 amide bonds. The Bertz CT molecular complexity index is 617. The fraction of sp³-hybridized carbons (Fsp3) is 0.529. The highest BCUT2D eigenvalue weighted by atomic mass is 35.5. The zero-order valence-electron chi connectivity index (χ0n) is 13.5. The second-order valence-corrected chi connectivity index (χ2v) is 7.02. The van der Waals surface area contributed by atoms with E-state index in [1.807, 2.05) is 0 Å². The summed E-state index contributed by atoms with van der Waals surface area (Å²) in [5, 5.41) is 12.8. The lowest BCUT2D eigenvalue weighted by Gasteiger charge is -2.28. The second kappa shape index (κ2) is 8.19. The van der Waals surface area contributed by atoms with Gasteiger partial charge < -0.3 is 15.2 Å². The van der Waals surface area contributed by atoms with Crippen molar-refractivity contribution in [3.05, 3.63) is 33.8 Å². The molecule has 1 aromatic carbocycles. The number of ether oxygens (including phenoxy) is 1. The number of nitrogens with one attached hydrogen (secondary N) is 1. The maximum Gasteiger partial charge on any atom is 0.333 e. The molecule has 0 saturated carbocycles. The minimum atomic E-state index is -1.55. The Morgan fingerprint density at radius 2 is 1.96 bits per heavy atom. The number of aliphatic carboxylic acids is 1. The molecule has 1 heterocycles. The molecule has 24 heavy (non-hydrogen) atoms. The Balaban J connectivity index is 2.04. The molecule has 0 aliphatic carbocycles. The molecule has 1 aliphatic heterocycles. The van der Waals surface area contributed by atoms with Gasteiger partial charge in [0.2, 0.25) is 5.91 Å². The molecule has 1 saturated heterocycles. The van der Waals surface area contributed by atoms with Crippen molar-refractivity contribution in [1.29, 1.82) is 0 Å². The molecule has 0 spiro atoms. The fourth-order valence-electron chi connectivity index (χ4n) is 2.77. The fourth-order valence-corrected chi connectivity index (χ4v) is 3.07. The van der Waals surface area contributed by atoms with Crippen LogP contribution < -0.4 is 5.32 Å². The molecule has 132 valence electrons. The molecule has 7 heteroatoms. The number of amides is 1. The van der Waals surface area contributed by atoms with E-state index >= 15 is 0 Å². The summed E-state index contributed by atoms with van der Waals surface area (Å²) < 4.78 is 5.30. The molecule has 1 aromatic rings. The minimum absolute atomic E-state index is 0.248. The Labute approximate surface area is 151 Å². The van der Waals surface area contributed by atoms with Gasteiger partial charge in [-0.1, -0.05) is 29.3 Å². The van der Waals surface area contributed by atoms with Crippen molar-refractivity contribution in [1.82, 2.24) is 5.32 Å². The Hall–Kier alpha value is -1.30. The van der Waals surface area contributed by atoms with Crippen LogP contribution in [0.1, 0.15) is 38.2 Å². The van der Waals surface area contributed by atoms with Gasteiger partial charge in [-0.2, -0.15) is 0 Å². The number of carboxylic acid groups (broad SMARTS) is 1. The number of hydrogen-bond acceptors (Lipinski definition) is 3. The average Bonchev–Trinajstić information content (AvgIpc) is 2.56. The van der Waals surface area contributed by atoms with E-state index in [9.17, 15) is 14.7 Å². The molecule has 1 fully saturated rings. The van der Waals surface area contributed by atoms with Crippen LogP contribution in [0.4, 0.5) is 0 Å². The summed E-state index contributed by atoms with van der Waals surface area (Å²) in [6.07, 6.45) is 2.90. The Kier molecular flexibility index (Phi) is 6.49. The lowest BCUT2D eigenvalue weighted by molar-refractivity contribution is -0.147. The summed E-state index contributed by atoms with van der Waals surface area (Å²) in [4.78, 5) is 24.0. The van der Waals surface area contributed by atoms with Crippen LogP contribution in [0.5, 0.6) is 0 Å². The molecular weight excluding hydrogens is 353 g/mol. The van der Waals surface area contributed by atoms with Crippen LogP contribution in [0, 0.1) is 5.92 Å². The number of rotatable bonds is 6. The third kappa shape index (κ3) is 4.62. The summed E-state index contributed by atoms with van der Waals surface area (Å²) in [7, 11) is 0.